The van der Waals surface area contributed by atoms with Crippen LogP contribution in [0.2, 0.25) is 5.02 Å². The van der Waals surface area contributed by atoms with Gasteiger partial charge in [0.05, 0.1) is 21.5 Å². The first-order valence-corrected chi connectivity index (χ1v) is 14.6. The van der Waals surface area contributed by atoms with Gasteiger partial charge in [0.15, 0.2) is 5.82 Å². The van der Waals surface area contributed by atoms with Gasteiger partial charge < -0.3 is 14.7 Å². The first-order valence-electron chi connectivity index (χ1n) is 14.2. The topological polar surface area (TPSA) is 74.6 Å². The van der Waals surface area contributed by atoms with E-state index in [9.17, 15) is 22.7 Å². The van der Waals surface area contributed by atoms with Crippen molar-refractivity contribution in [3.05, 3.63) is 34.7 Å². The molecule has 4 fully saturated rings. The van der Waals surface area contributed by atoms with Crippen molar-refractivity contribution in [2.45, 2.75) is 56.4 Å². The van der Waals surface area contributed by atoms with Crippen LogP contribution in [0.15, 0.2) is 18.3 Å². The van der Waals surface area contributed by atoms with Crippen molar-refractivity contribution < 1.29 is 31.8 Å². The molecule has 1 N–H and O–H groups in total. The van der Waals surface area contributed by atoms with Gasteiger partial charge in [0.2, 0.25) is 0 Å². The van der Waals surface area contributed by atoms with Gasteiger partial charge in [-0.2, -0.15) is 23.1 Å². The molecule has 3 aromatic rings. The summed E-state index contributed by atoms with van der Waals surface area (Å²) in [5.74, 6) is -0.345. The number of aromatic hydroxyl groups is 1. The minimum absolute atomic E-state index is 0.115. The zero-order chi connectivity index (χ0) is 29.4. The van der Waals surface area contributed by atoms with Crippen molar-refractivity contribution in [1.29, 1.82) is 0 Å². The Labute approximate surface area is 243 Å². The quantitative estimate of drug-likeness (QED) is 0.336. The van der Waals surface area contributed by atoms with Gasteiger partial charge in [-0.3, -0.25) is 9.88 Å². The average molecular weight is 610 g/mol. The molecular weight excluding hydrogens is 581 g/mol. The maximum atomic E-state index is 16.3. The molecule has 2 unspecified atom stereocenters. The average Bonchev–Trinajstić information content (AvgIpc) is 3.56. The summed E-state index contributed by atoms with van der Waals surface area (Å²) < 4.78 is 78.8. The third-order valence-corrected chi connectivity index (χ3v) is 9.69. The lowest BCUT2D eigenvalue weighted by Gasteiger charge is -2.34. The van der Waals surface area contributed by atoms with Crippen molar-refractivity contribution in [2.24, 2.45) is 11.8 Å². The summed E-state index contributed by atoms with van der Waals surface area (Å²) in [5, 5.41) is 9.51. The first-order chi connectivity index (χ1) is 20.0. The fraction of sp³-hybridized carbons (Fsp3) is 0.552. The molecule has 42 heavy (non-hydrogen) atoms. The van der Waals surface area contributed by atoms with E-state index in [4.69, 9.17) is 16.3 Å². The largest absolute Gasteiger partial charge is 0.508 e. The molecule has 0 amide bonds. The first kappa shape index (κ1) is 27.8. The summed E-state index contributed by atoms with van der Waals surface area (Å²) >= 11 is 5.87. The number of alkyl halides is 4. The predicted molar refractivity (Wildman–Crippen MR) is 146 cm³/mol. The number of piperidine rings is 1. The van der Waals surface area contributed by atoms with Gasteiger partial charge in [-0.1, -0.05) is 11.6 Å². The Morgan fingerprint density at radius 2 is 1.88 bits per heavy atom. The monoisotopic (exact) mass is 609 g/mol. The van der Waals surface area contributed by atoms with Crippen molar-refractivity contribution in [3.63, 3.8) is 0 Å². The zero-order valence-corrected chi connectivity index (χ0v) is 23.4. The molecule has 7 rings (SSSR count). The van der Waals surface area contributed by atoms with Crippen LogP contribution < -0.4 is 9.64 Å². The van der Waals surface area contributed by atoms with Crippen molar-refractivity contribution in [3.8, 4) is 23.0 Å². The number of anilines is 1. The molecule has 1 saturated carbocycles. The van der Waals surface area contributed by atoms with Crippen LogP contribution in [0, 0.1) is 17.7 Å². The number of hydrogen-bond acceptors (Lipinski definition) is 7. The standard InChI is InChI=1S/C29H29ClF5N5O2/c30-21-8-18(41)7-19(22(21)29(33,34)35)24-23(32)25-20(10-36-24)26(39-11-15-2-3-16(6-15)12-39)38-27(37-25)42-14-28-4-1-5-40(28)13-17(31)9-28/h7-8,10,15-17,41H,1-6,9,11-14H2/t15?,16?,17-,28+/m1/s1. The van der Waals surface area contributed by atoms with Gasteiger partial charge in [-0.15, -0.1) is 0 Å². The van der Waals surface area contributed by atoms with Gasteiger partial charge in [0, 0.05) is 37.8 Å². The third kappa shape index (κ3) is 4.70. The molecule has 4 aliphatic rings. The number of rotatable bonds is 5. The molecule has 1 aliphatic carbocycles. The Morgan fingerprint density at radius 3 is 2.62 bits per heavy atom. The number of nitrogens with zero attached hydrogens (tertiary/aromatic N) is 5. The third-order valence-electron chi connectivity index (χ3n) is 9.39. The van der Waals surface area contributed by atoms with Gasteiger partial charge in [-0.05, 0) is 62.6 Å². The molecule has 224 valence electrons. The molecule has 7 nitrogen and oxygen atoms in total. The SMILES string of the molecule is Oc1cc(Cl)c(C(F)(F)F)c(-c2ncc3c(N4CC5CCC(C5)C4)nc(OC[C@@]45CCCN4C[C@H](F)C5)nc3c2F)c1. The Bertz CT molecular complexity index is 1550. The van der Waals surface area contributed by atoms with Gasteiger partial charge in [0.1, 0.15) is 35.6 Å². The summed E-state index contributed by atoms with van der Waals surface area (Å²) in [7, 11) is 0. The van der Waals surface area contributed by atoms with E-state index in [1.54, 1.807) is 0 Å². The second-order valence-corrected chi connectivity index (χ2v) is 12.6. The summed E-state index contributed by atoms with van der Waals surface area (Å²) in [5.41, 5.74) is -3.41. The van der Waals surface area contributed by atoms with E-state index >= 15 is 4.39 Å². The fourth-order valence-electron chi connectivity index (χ4n) is 7.61. The van der Waals surface area contributed by atoms with Crippen LogP contribution in [0.1, 0.15) is 44.1 Å². The van der Waals surface area contributed by atoms with Crippen molar-refractivity contribution in [2.75, 3.05) is 37.7 Å². The lowest BCUT2D eigenvalue weighted by Crippen LogP contribution is -2.43. The van der Waals surface area contributed by atoms with Crippen LogP contribution >= 0.6 is 11.6 Å². The number of phenols is 1. The lowest BCUT2D eigenvalue weighted by atomic mass is 9.95. The van der Waals surface area contributed by atoms with E-state index < -0.39 is 51.3 Å². The number of benzene rings is 1. The number of fused-ring (bicyclic) bond motifs is 4. The van der Waals surface area contributed by atoms with Crippen LogP contribution in [0.5, 0.6) is 11.8 Å². The minimum Gasteiger partial charge on any atom is -0.508 e. The minimum atomic E-state index is -4.94. The molecule has 0 spiro atoms. The summed E-state index contributed by atoms with van der Waals surface area (Å²) in [6.07, 6.45) is 0.640. The van der Waals surface area contributed by atoms with Crippen LogP contribution in [-0.4, -0.2) is 69.5 Å². The van der Waals surface area contributed by atoms with Gasteiger partial charge >= 0.3 is 12.2 Å². The Kier molecular flexibility index (Phi) is 6.65. The zero-order valence-electron chi connectivity index (χ0n) is 22.6. The number of aromatic nitrogens is 3. The molecule has 2 bridgehead atoms. The highest BCUT2D eigenvalue weighted by molar-refractivity contribution is 6.32. The molecule has 0 radical (unpaired) electrons. The van der Waals surface area contributed by atoms with Crippen LogP contribution in [-0.2, 0) is 6.18 Å². The van der Waals surface area contributed by atoms with E-state index in [1.807, 2.05) is 0 Å². The van der Waals surface area contributed by atoms with Gasteiger partial charge in [0.25, 0.3) is 0 Å². The Balaban J connectivity index is 1.35. The van der Waals surface area contributed by atoms with E-state index in [1.165, 1.54) is 6.20 Å². The molecule has 4 atom stereocenters. The van der Waals surface area contributed by atoms with E-state index in [2.05, 4.69) is 24.8 Å². The van der Waals surface area contributed by atoms with E-state index in [0.717, 1.165) is 50.8 Å². The van der Waals surface area contributed by atoms with Crippen LogP contribution in [0.4, 0.5) is 27.8 Å². The Morgan fingerprint density at radius 1 is 1.12 bits per heavy atom. The molecule has 5 heterocycles. The number of ether oxygens (including phenoxy) is 1. The van der Waals surface area contributed by atoms with Gasteiger partial charge in [-0.25, -0.2) is 8.78 Å². The fourth-order valence-corrected chi connectivity index (χ4v) is 7.93. The number of pyridine rings is 1. The second kappa shape index (κ2) is 10.0. The van der Waals surface area contributed by atoms with E-state index in [-0.39, 0.29) is 23.5 Å². The number of phenolic OH excluding ortho intramolecular Hbond substituents is 1. The molecule has 3 aliphatic heterocycles. The number of hydrogen-bond donors (Lipinski definition) is 1. The Hall–Kier alpha value is -2.99. The lowest BCUT2D eigenvalue weighted by molar-refractivity contribution is -0.137. The molecule has 1 aromatic carbocycles. The molecular formula is C29H29ClF5N5O2. The number of halogens is 6. The smallest absolute Gasteiger partial charge is 0.418 e. The second-order valence-electron chi connectivity index (χ2n) is 12.2. The highest BCUT2D eigenvalue weighted by atomic mass is 35.5. The summed E-state index contributed by atoms with van der Waals surface area (Å²) in [6.45, 7) is 2.62. The molecule has 2 aromatic heterocycles. The van der Waals surface area contributed by atoms with Crippen molar-refractivity contribution >= 4 is 28.3 Å². The van der Waals surface area contributed by atoms with Crippen molar-refractivity contribution in [1.82, 2.24) is 19.9 Å². The highest BCUT2D eigenvalue weighted by Gasteiger charge is 2.49. The maximum Gasteiger partial charge on any atom is 0.418 e. The molecule has 3 saturated heterocycles. The summed E-state index contributed by atoms with van der Waals surface area (Å²) in [6, 6.07) is 1.41. The summed E-state index contributed by atoms with van der Waals surface area (Å²) in [4.78, 5) is 17.2. The van der Waals surface area contributed by atoms with Crippen LogP contribution in [0.3, 0.4) is 0 Å². The molecule has 13 heteroatoms. The normalized spacial score (nSPS) is 27.7. The van der Waals surface area contributed by atoms with E-state index in [0.29, 0.717) is 43.7 Å². The predicted octanol–water partition coefficient (Wildman–Crippen LogP) is 6.40. The highest BCUT2D eigenvalue weighted by Crippen LogP contribution is 2.46. The van der Waals surface area contributed by atoms with Crippen LogP contribution in [0.25, 0.3) is 22.2 Å². The maximum absolute atomic E-state index is 16.3.